The van der Waals surface area contributed by atoms with Gasteiger partial charge in [0.05, 0.1) is 43.9 Å². The van der Waals surface area contributed by atoms with Gasteiger partial charge in [-0.25, -0.2) is 19.9 Å². The maximum absolute atomic E-state index is 11.6. The molecular weight excluding hydrogens is 482 g/mol. The van der Waals surface area contributed by atoms with E-state index in [4.69, 9.17) is 14.7 Å². The zero-order valence-corrected chi connectivity index (χ0v) is 21.4. The number of hydrogen-bond acceptors (Lipinski definition) is 10. The van der Waals surface area contributed by atoms with Crippen LogP contribution in [-0.4, -0.2) is 62.2 Å². The van der Waals surface area contributed by atoms with Crippen molar-refractivity contribution in [2.24, 2.45) is 0 Å². The summed E-state index contributed by atoms with van der Waals surface area (Å²) in [5.74, 6) is 3.11. The van der Waals surface area contributed by atoms with E-state index in [0.29, 0.717) is 31.4 Å². The second-order valence-electron chi connectivity index (χ2n) is 9.62. The highest BCUT2D eigenvalue weighted by Gasteiger charge is 2.29. The molecule has 2 aliphatic heterocycles. The molecule has 1 saturated heterocycles. The topological polar surface area (TPSA) is 125 Å². The van der Waals surface area contributed by atoms with Crippen LogP contribution < -0.4 is 20.7 Å². The second-order valence-corrected chi connectivity index (χ2v) is 9.62. The summed E-state index contributed by atoms with van der Waals surface area (Å²) in [6.45, 7) is 7.81. The van der Waals surface area contributed by atoms with E-state index in [1.165, 1.54) is 11.8 Å². The SMILES string of the molecule is Cc1cc(N2CCc3c(nc(-c4ccc(Nc5cncc(=O)[nH]5)cc4)nc3N3CCOCC3C)C2)ncn1. The molecule has 1 fully saturated rings. The normalized spacial score (nSPS) is 17.3. The van der Waals surface area contributed by atoms with Gasteiger partial charge in [0.25, 0.3) is 5.56 Å². The van der Waals surface area contributed by atoms with Crippen LogP contribution in [0, 0.1) is 6.92 Å². The van der Waals surface area contributed by atoms with E-state index in [9.17, 15) is 4.79 Å². The Morgan fingerprint density at radius 3 is 2.76 bits per heavy atom. The van der Waals surface area contributed by atoms with Crippen LogP contribution in [0.2, 0.25) is 0 Å². The van der Waals surface area contributed by atoms with E-state index in [1.54, 1.807) is 12.5 Å². The molecule has 0 spiro atoms. The van der Waals surface area contributed by atoms with Crippen LogP contribution in [0.1, 0.15) is 23.9 Å². The van der Waals surface area contributed by atoms with Gasteiger partial charge in [-0.05, 0) is 44.5 Å². The predicted molar refractivity (Wildman–Crippen MR) is 145 cm³/mol. The lowest BCUT2D eigenvalue weighted by Gasteiger charge is -2.38. The third-order valence-corrected chi connectivity index (χ3v) is 6.87. The number of aromatic nitrogens is 6. The van der Waals surface area contributed by atoms with E-state index in [-0.39, 0.29) is 11.6 Å². The highest BCUT2D eigenvalue weighted by Crippen LogP contribution is 2.33. The van der Waals surface area contributed by atoms with Crippen molar-refractivity contribution in [3.05, 3.63) is 76.4 Å². The molecule has 5 heterocycles. The molecule has 4 aromatic rings. The van der Waals surface area contributed by atoms with Gasteiger partial charge < -0.3 is 24.8 Å². The number of aryl methyl sites for hydroxylation is 1. The number of morpholine rings is 1. The predicted octanol–water partition coefficient (Wildman–Crippen LogP) is 2.86. The summed E-state index contributed by atoms with van der Waals surface area (Å²) in [5, 5.41) is 3.17. The summed E-state index contributed by atoms with van der Waals surface area (Å²) >= 11 is 0. The first-order valence-corrected chi connectivity index (χ1v) is 12.7. The molecule has 194 valence electrons. The number of fused-ring (bicyclic) bond motifs is 1. The highest BCUT2D eigenvalue weighted by atomic mass is 16.5. The van der Waals surface area contributed by atoms with Crippen LogP contribution >= 0.6 is 0 Å². The van der Waals surface area contributed by atoms with Crippen molar-refractivity contribution in [2.75, 3.05) is 41.4 Å². The number of rotatable bonds is 5. The molecule has 11 heteroatoms. The Labute approximate surface area is 220 Å². The van der Waals surface area contributed by atoms with Crippen molar-refractivity contribution in [1.29, 1.82) is 0 Å². The zero-order valence-electron chi connectivity index (χ0n) is 21.4. The Morgan fingerprint density at radius 1 is 1.11 bits per heavy atom. The van der Waals surface area contributed by atoms with Gasteiger partial charge in [-0.15, -0.1) is 0 Å². The summed E-state index contributed by atoms with van der Waals surface area (Å²) in [6.07, 6.45) is 5.26. The first-order valence-electron chi connectivity index (χ1n) is 12.7. The Kier molecular flexibility index (Phi) is 6.42. The maximum Gasteiger partial charge on any atom is 0.267 e. The van der Waals surface area contributed by atoms with Crippen LogP contribution in [0.3, 0.4) is 0 Å². The molecule has 1 aromatic carbocycles. The molecular formula is C27H29N9O2. The van der Waals surface area contributed by atoms with Crippen LogP contribution in [0.15, 0.2) is 53.8 Å². The summed E-state index contributed by atoms with van der Waals surface area (Å²) in [4.78, 5) is 41.7. The largest absolute Gasteiger partial charge is 0.377 e. The Morgan fingerprint density at radius 2 is 1.97 bits per heavy atom. The lowest BCUT2D eigenvalue weighted by molar-refractivity contribution is 0.0984. The molecule has 0 radical (unpaired) electrons. The van der Waals surface area contributed by atoms with Gasteiger partial charge in [0.2, 0.25) is 0 Å². The number of benzene rings is 1. The molecule has 2 N–H and O–H groups in total. The summed E-state index contributed by atoms with van der Waals surface area (Å²) < 4.78 is 5.71. The van der Waals surface area contributed by atoms with Crippen LogP contribution in [0.4, 0.5) is 23.1 Å². The fourth-order valence-corrected chi connectivity index (χ4v) is 4.93. The molecule has 6 rings (SSSR count). The number of hydrogen-bond donors (Lipinski definition) is 2. The van der Waals surface area contributed by atoms with Crippen molar-refractivity contribution in [1.82, 2.24) is 29.9 Å². The van der Waals surface area contributed by atoms with Gasteiger partial charge >= 0.3 is 0 Å². The van der Waals surface area contributed by atoms with Crippen molar-refractivity contribution in [3.63, 3.8) is 0 Å². The van der Waals surface area contributed by atoms with Crippen molar-refractivity contribution >= 4 is 23.1 Å². The monoisotopic (exact) mass is 511 g/mol. The van der Waals surface area contributed by atoms with Gasteiger partial charge in [-0.2, -0.15) is 0 Å². The van der Waals surface area contributed by atoms with E-state index in [1.807, 2.05) is 37.3 Å². The average Bonchev–Trinajstić information content (AvgIpc) is 2.93. The Bertz CT molecular complexity index is 1510. The minimum Gasteiger partial charge on any atom is -0.377 e. The smallest absolute Gasteiger partial charge is 0.267 e. The van der Waals surface area contributed by atoms with Crippen molar-refractivity contribution in [3.8, 4) is 11.4 Å². The van der Waals surface area contributed by atoms with Gasteiger partial charge in [0.15, 0.2) is 5.82 Å². The third-order valence-electron chi connectivity index (χ3n) is 6.87. The quantitative estimate of drug-likeness (QED) is 0.413. The number of H-pyrrole nitrogens is 1. The number of anilines is 4. The Balaban J connectivity index is 1.35. The summed E-state index contributed by atoms with van der Waals surface area (Å²) in [5.41, 5.74) is 4.63. The van der Waals surface area contributed by atoms with Crippen molar-refractivity contribution < 1.29 is 4.74 Å². The van der Waals surface area contributed by atoms with Crippen LogP contribution in [0.5, 0.6) is 0 Å². The first kappa shape index (κ1) is 24.0. The van der Waals surface area contributed by atoms with E-state index < -0.39 is 0 Å². The number of ether oxygens (including phenoxy) is 1. The maximum atomic E-state index is 11.6. The minimum absolute atomic E-state index is 0.228. The van der Waals surface area contributed by atoms with Gasteiger partial charge in [0, 0.05) is 41.7 Å². The fourth-order valence-electron chi connectivity index (χ4n) is 4.93. The number of nitrogens with one attached hydrogen (secondary N) is 2. The summed E-state index contributed by atoms with van der Waals surface area (Å²) in [7, 11) is 0. The van der Waals surface area contributed by atoms with E-state index >= 15 is 0 Å². The van der Waals surface area contributed by atoms with Gasteiger partial charge in [0.1, 0.15) is 23.8 Å². The lowest BCUT2D eigenvalue weighted by atomic mass is 10.0. The second kappa shape index (κ2) is 10.2. The van der Waals surface area contributed by atoms with E-state index in [0.717, 1.165) is 53.8 Å². The minimum atomic E-state index is -0.259. The first-order chi connectivity index (χ1) is 18.5. The Hall–Kier alpha value is -4.38. The molecule has 2 aliphatic rings. The van der Waals surface area contributed by atoms with E-state index in [2.05, 4.69) is 42.0 Å². The summed E-state index contributed by atoms with van der Waals surface area (Å²) in [6, 6.07) is 10.1. The van der Waals surface area contributed by atoms with Gasteiger partial charge in [-0.3, -0.25) is 9.78 Å². The molecule has 38 heavy (non-hydrogen) atoms. The molecule has 0 saturated carbocycles. The molecule has 0 aliphatic carbocycles. The molecule has 1 unspecified atom stereocenters. The number of aromatic amines is 1. The van der Waals surface area contributed by atoms with Crippen molar-refractivity contribution in [2.45, 2.75) is 32.9 Å². The van der Waals surface area contributed by atoms with Crippen LogP contribution in [0.25, 0.3) is 11.4 Å². The molecule has 3 aromatic heterocycles. The highest BCUT2D eigenvalue weighted by molar-refractivity contribution is 5.66. The standard InChI is InChI=1S/C27H29N9O2/c1-17-11-24(30-16-29-17)35-8-7-21-22(14-35)32-26(34-27(21)36-9-10-38-15-18(36)2)19-3-5-20(6-4-19)31-23-12-28-13-25(37)33-23/h3-6,11-13,16,18H,7-10,14-15H2,1-2H3,(H2,31,33,37). The fraction of sp³-hybridized carbons (Fsp3) is 0.333. The van der Waals surface area contributed by atoms with Gasteiger partial charge in [-0.1, -0.05) is 0 Å². The lowest BCUT2D eigenvalue weighted by Crippen LogP contribution is -2.45. The van der Waals surface area contributed by atoms with Crippen LogP contribution in [-0.2, 0) is 17.7 Å². The number of nitrogens with zero attached hydrogens (tertiary/aromatic N) is 7. The molecule has 11 nitrogen and oxygen atoms in total. The molecule has 0 bridgehead atoms. The average molecular weight is 512 g/mol. The zero-order chi connectivity index (χ0) is 26.1. The third kappa shape index (κ3) is 4.92. The molecule has 1 atom stereocenters. The molecule has 0 amide bonds.